The van der Waals surface area contributed by atoms with Gasteiger partial charge in [-0.3, -0.25) is 14.4 Å². The van der Waals surface area contributed by atoms with Crippen molar-refractivity contribution in [2.24, 2.45) is 0 Å². The fraction of sp³-hybridized carbons (Fsp3) is 0.700. The smallest absolute Gasteiger partial charge is 0.461 e. The molecule has 6 nitrogen and oxygen atoms in total. The first-order valence-electron chi connectivity index (χ1n) is 5.28. The van der Waals surface area contributed by atoms with Crippen LogP contribution >= 0.6 is 0 Å². The van der Waals surface area contributed by atoms with Gasteiger partial charge in [-0.2, -0.15) is 0 Å². The lowest BCUT2D eigenvalue weighted by Gasteiger charge is -2.24. The van der Waals surface area contributed by atoms with Crippen molar-refractivity contribution in [1.29, 1.82) is 0 Å². The highest BCUT2D eigenvalue weighted by Crippen LogP contribution is 2.16. The van der Waals surface area contributed by atoms with Crippen molar-refractivity contribution in [3.8, 4) is 0 Å². The van der Waals surface area contributed by atoms with Gasteiger partial charge in [-0.05, 0) is 6.42 Å². The van der Waals surface area contributed by atoms with Crippen molar-refractivity contribution in [1.82, 2.24) is 0 Å². The van der Waals surface area contributed by atoms with Gasteiger partial charge in [0.15, 0.2) is 0 Å². The molecule has 0 aromatic heterocycles. The zero-order valence-electron chi connectivity index (χ0n) is 10.6. The quantitative estimate of drug-likeness (QED) is 0.406. The summed E-state index contributed by atoms with van der Waals surface area (Å²) in [5, 5.41) is 0. The first-order chi connectivity index (χ1) is 7.75. The molecule has 0 heterocycles. The van der Waals surface area contributed by atoms with Crippen LogP contribution in [-0.4, -0.2) is 33.1 Å². The predicted molar refractivity (Wildman–Crippen MR) is 61.2 cm³/mol. The third kappa shape index (κ3) is 8.44. The minimum absolute atomic E-state index is 0.223. The highest BCUT2D eigenvalue weighted by atomic mass is 28.4. The highest BCUT2D eigenvalue weighted by molar-refractivity contribution is 6.69. The maximum atomic E-state index is 10.9. The molecule has 0 saturated heterocycles. The molecule has 0 amide bonds. The van der Waals surface area contributed by atoms with Crippen LogP contribution in [0.1, 0.15) is 27.2 Å². The van der Waals surface area contributed by atoms with Crippen molar-refractivity contribution in [3.05, 3.63) is 0 Å². The third-order valence-corrected chi connectivity index (χ3v) is 4.50. The summed E-state index contributed by atoms with van der Waals surface area (Å²) in [6, 6.07) is 0.402. The number of hydrogen-bond donors (Lipinski definition) is 0. The maximum Gasteiger partial charge on any atom is 0.461 e. The van der Waals surface area contributed by atoms with E-state index in [9.17, 15) is 14.4 Å². The Hall–Kier alpha value is -1.37. The first-order valence-corrected chi connectivity index (χ1v) is 7.80. The molecular formula is C10H18O6Si. The number of carbonyl (C=O) groups is 3. The Morgan fingerprint density at radius 2 is 1.41 bits per heavy atom. The van der Waals surface area contributed by atoms with Crippen molar-refractivity contribution in [3.63, 3.8) is 0 Å². The van der Waals surface area contributed by atoms with Crippen molar-refractivity contribution in [2.75, 3.05) is 6.61 Å². The van der Waals surface area contributed by atoms with Crippen molar-refractivity contribution < 1.29 is 28.0 Å². The van der Waals surface area contributed by atoms with E-state index in [1.54, 1.807) is 6.55 Å². The summed E-state index contributed by atoms with van der Waals surface area (Å²) in [6.45, 7) is 5.69. The van der Waals surface area contributed by atoms with E-state index in [-0.39, 0.29) is 12.6 Å². The molecule has 0 aliphatic rings. The van der Waals surface area contributed by atoms with E-state index < -0.39 is 20.5 Å². The second-order valence-electron chi connectivity index (χ2n) is 3.76. The van der Waals surface area contributed by atoms with Crippen LogP contribution in [0.4, 0.5) is 0 Å². The molecule has 0 aromatic rings. The van der Waals surface area contributed by atoms with Crippen molar-refractivity contribution in [2.45, 2.75) is 39.8 Å². The van der Waals surface area contributed by atoms with Gasteiger partial charge in [-0.15, -0.1) is 0 Å². The topological polar surface area (TPSA) is 78.9 Å². The summed E-state index contributed by atoms with van der Waals surface area (Å²) in [4.78, 5) is 32.4. The minimum Gasteiger partial charge on any atom is -0.485 e. The van der Waals surface area contributed by atoms with E-state index in [1.165, 1.54) is 20.8 Å². The monoisotopic (exact) mass is 262 g/mol. The van der Waals surface area contributed by atoms with Gasteiger partial charge in [0.05, 0.1) is 6.61 Å². The van der Waals surface area contributed by atoms with Gasteiger partial charge in [0.1, 0.15) is 0 Å². The minimum atomic E-state index is -2.84. The molecule has 0 radical (unpaired) electrons. The van der Waals surface area contributed by atoms with Crippen LogP contribution in [-0.2, 0) is 28.0 Å². The molecule has 0 aliphatic carbocycles. The Labute approximate surface area is 101 Å². The molecule has 0 fully saturated rings. The summed E-state index contributed by atoms with van der Waals surface area (Å²) in [5.41, 5.74) is 0. The first kappa shape index (κ1) is 15.6. The molecule has 98 valence electrons. The summed E-state index contributed by atoms with van der Waals surface area (Å²) in [5.74, 6) is -1.32. The molecule has 0 aromatic carbocycles. The number of esters is 1. The number of rotatable bonds is 6. The molecule has 0 saturated carbocycles. The average Bonchev–Trinajstić information content (AvgIpc) is 2.09. The van der Waals surface area contributed by atoms with E-state index in [1.807, 2.05) is 0 Å². The largest absolute Gasteiger partial charge is 0.485 e. The van der Waals surface area contributed by atoms with E-state index in [4.69, 9.17) is 13.6 Å². The molecule has 0 rings (SSSR count). The molecule has 17 heavy (non-hydrogen) atoms. The lowest BCUT2D eigenvalue weighted by atomic mass is 10.5. The Kier molecular flexibility index (Phi) is 6.48. The predicted octanol–water partition coefficient (Wildman–Crippen LogP) is 1.14. The second-order valence-corrected chi connectivity index (χ2v) is 6.94. The SMILES string of the molecule is CC(=O)OCCC[Si](C)(OC(C)=O)OC(C)=O. The lowest BCUT2D eigenvalue weighted by molar-refractivity contribution is -0.142. The van der Waals surface area contributed by atoms with Gasteiger partial charge < -0.3 is 13.6 Å². The van der Waals surface area contributed by atoms with Gasteiger partial charge in [-0.25, -0.2) is 0 Å². The molecule has 7 heteroatoms. The lowest BCUT2D eigenvalue weighted by Crippen LogP contribution is -2.41. The molecule has 0 atom stereocenters. The fourth-order valence-electron chi connectivity index (χ4n) is 1.34. The van der Waals surface area contributed by atoms with Crippen LogP contribution in [0.15, 0.2) is 0 Å². The molecule has 0 aliphatic heterocycles. The van der Waals surface area contributed by atoms with Crippen LogP contribution in [0.2, 0.25) is 12.6 Å². The van der Waals surface area contributed by atoms with Gasteiger partial charge >= 0.3 is 14.5 Å². The van der Waals surface area contributed by atoms with Gasteiger partial charge in [-0.1, -0.05) is 0 Å². The zero-order valence-corrected chi connectivity index (χ0v) is 11.6. The molecular weight excluding hydrogens is 244 g/mol. The highest BCUT2D eigenvalue weighted by Gasteiger charge is 2.37. The maximum absolute atomic E-state index is 10.9. The van der Waals surface area contributed by atoms with Crippen LogP contribution in [0, 0.1) is 0 Å². The number of ether oxygens (including phenoxy) is 1. The second kappa shape index (κ2) is 7.05. The average molecular weight is 262 g/mol. The van der Waals surface area contributed by atoms with Crippen molar-refractivity contribution >= 4 is 26.5 Å². The van der Waals surface area contributed by atoms with Crippen LogP contribution in [0.3, 0.4) is 0 Å². The molecule has 0 unspecified atom stereocenters. The van der Waals surface area contributed by atoms with Gasteiger partial charge in [0.2, 0.25) is 0 Å². The van der Waals surface area contributed by atoms with Crippen LogP contribution in [0.5, 0.6) is 0 Å². The van der Waals surface area contributed by atoms with Crippen LogP contribution in [0.25, 0.3) is 0 Å². The summed E-state index contributed by atoms with van der Waals surface area (Å²) >= 11 is 0. The van der Waals surface area contributed by atoms with E-state index in [2.05, 4.69) is 0 Å². The summed E-state index contributed by atoms with van der Waals surface area (Å²) in [6.07, 6.45) is 0.489. The Morgan fingerprint density at radius 1 is 0.941 bits per heavy atom. The third-order valence-electron chi connectivity index (χ3n) is 1.80. The standard InChI is InChI=1S/C10H18O6Si/c1-8(11)14-6-5-7-17(4,15-9(2)12)16-10(3)13/h5-7H2,1-4H3. The number of carbonyl (C=O) groups excluding carboxylic acids is 3. The fourth-order valence-corrected chi connectivity index (χ4v) is 3.59. The van der Waals surface area contributed by atoms with E-state index >= 15 is 0 Å². The summed E-state index contributed by atoms with van der Waals surface area (Å²) < 4.78 is 14.9. The Morgan fingerprint density at radius 3 is 1.76 bits per heavy atom. The molecule has 0 bridgehead atoms. The summed E-state index contributed by atoms with van der Waals surface area (Å²) in [7, 11) is -2.84. The van der Waals surface area contributed by atoms with Crippen LogP contribution < -0.4 is 0 Å². The normalized spacial score (nSPS) is 10.6. The van der Waals surface area contributed by atoms with E-state index in [0.717, 1.165) is 0 Å². The Balaban J connectivity index is 4.23. The Bertz CT molecular complexity index is 285. The number of hydrogen-bond acceptors (Lipinski definition) is 6. The zero-order chi connectivity index (χ0) is 13.5. The van der Waals surface area contributed by atoms with Gasteiger partial charge in [0, 0.05) is 33.4 Å². The van der Waals surface area contributed by atoms with E-state index in [0.29, 0.717) is 12.5 Å². The van der Waals surface area contributed by atoms with Gasteiger partial charge in [0.25, 0.3) is 11.9 Å². The molecule has 0 N–H and O–H groups in total. The molecule has 0 spiro atoms.